The van der Waals surface area contributed by atoms with Crippen LogP contribution in [0.15, 0.2) is 34.2 Å². The fourth-order valence-electron chi connectivity index (χ4n) is 2.11. The first-order valence-corrected chi connectivity index (χ1v) is 8.72. The molecule has 1 saturated heterocycles. The molecule has 0 amide bonds. The van der Waals surface area contributed by atoms with Gasteiger partial charge in [-0.3, -0.25) is 0 Å². The van der Waals surface area contributed by atoms with Crippen molar-refractivity contribution in [1.82, 2.24) is 9.62 Å². The van der Waals surface area contributed by atoms with Crippen molar-refractivity contribution in [3.05, 3.63) is 29.8 Å². The van der Waals surface area contributed by atoms with E-state index < -0.39 is 10.0 Å². The molecule has 0 spiro atoms. The molecule has 0 saturated carbocycles. The van der Waals surface area contributed by atoms with E-state index in [1.165, 1.54) is 0 Å². The summed E-state index contributed by atoms with van der Waals surface area (Å²) >= 11 is 0. The van der Waals surface area contributed by atoms with Crippen molar-refractivity contribution < 1.29 is 13.2 Å². The first-order valence-electron chi connectivity index (χ1n) is 7.24. The first-order chi connectivity index (χ1) is 10.5. The molecule has 1 aromatic carbocycles. The second kappa shape index (κ2) is 7.57. The minimum Gasteiger partial charge on any atom is -0.378 e. The Balaban J connectivity index is 1.99. The van der Waals surface area contributed by atoms with Crippen LogP contribution in [0.3, 0.4) is 0 Å². The number of aliphatic imine (C=N–C) groups is 1. The molecular weight excluding hydrogens is 304 g/mol. The van der Waals surface area contributed by atoms with Gasteiger partial charge in [-0.15, -0.1) is 0 Å². The highest BCUT2D eigenvalue weighted by Gasteiger charge is 2.13. The van der Waals surface area contributed by atoms with Gasteiger partial charge in [0.2, 0.25) is 10.0 Å². The van der Waals surface area contributed by atoms with E-state index in [-0.39, 0.29) is 4.90 Å². The number of benzene rings is 1. The zero-order chi connectivity index (χ0) is 16.0. The van der Waals surface area contributed by atoms with Gasteiger partial charge in [0, 0.05) is 19.6 Å². The summed E-state index contributed by atoms with van der Waals surface area (Å²) in [7, 11) is -3.41. The molecule has 1 fully saturated rings. The Labute approximate surface area is 131 Å². The van der Waals surface area contributed by atoms with Gasteiger partial charge in [-0.25, -0.2) is 18.1 Å². The molecule has 0 aliphatic carbocycles. The maximum atomic E-state index is 11.8. The molecule has 22 heavy (non-hydrogen) atoms. The molecular formula is C14H22N4O3S. The minimum absolute atomic E-state index is 0.253. The minimum atomic E-state index is -3.41. The number of sulfonamides is 1. The van der Waals surface area contributed by atoms with E-state index >= 15 is 0 Å². The average Bonchev–Trinajstić information content (AvgIpc) is 2.54. The molecule has 0 bridgehead atoms. The Bertz CT molecular complexity index is 607. The number of nitrogens with one attached hydrogen (secondary N) is 1. The zero-order valence-corrected chi connectivity index (χ0v) is 13.5. The van der Waals surface area contributed by atoms with Gasteiger partial charge in [0.1, 0.15) is 0 Å². The van der Waals surface area contributed by atoms with Gasteiger partial charge in [0.05, 0.1) is 24.7 Å². The van der Waals surface area contributed by atoms with Gasteiger partial charge < -0.3 is 15.4 Å². The van der Waals surface area contributed by atoms with E-state index in [4.69, 9.17) is 10.5 Å². The van der Waals surface area contributed by atoms with Gasteiger partial charge in [0.15, 0.2) is 5.96 Å². The summed E-state index contributed by atoms with van der Waals surface area (Å²) < 4.78 is 31.4. The van der Waals surface area contributed by atoms with Crippen molar-refractivity contribution in [1.29, 1.82) is 0 Å². The maximum Gasteiger partial charge on any atom is 0.240 e. The molecule has 122 valence electrons. The van der Waals surface area contributed by atoms with E-state index in [0.29, 0.717) is 32.3 Å². The summed E-state index contributed by atoms with van der Waals surface area (Å²) in [5, 5.41) is 0. The van der Waals surface area contributed by atoms with Gasteiger partial charge in [-0.2, -0.15) is 0 Å². The van der Waals surface area contributed by atoms with Crippen LogP contribution < -0.4 is 10.5 Å². The summed E-state index contributed by atoms with van der Waals surface area (Å²) in [4.78, 5) is 6.58. The van der Waals surface area contributed by atoms with Crippen LogP contribution in [0.1, 0.15) is 12.5 Å². The molecule has 8 heteroatoms. The maximum absolute atomic E-state index is 11.8. The predicted octanol–water partition coefficient (Wildman–Crippen LogP) is 0.132. The Morgan fingerprint density at radius 1 is 1.32 bits per heavy atom. The van der Waals surface area contributed by atoms with Crippen LogP contribution in [0.25, 0.3) is 0 Å². The highest BCUT2D eigenvalue weighted by atomic mass is 32.2. The SMILES string of the molecule is CCNS(=O)(=O)c1ccc(CN=C(N)N2CCOCC2)cc1. The summed E-state index contributed by atoms with van der Waals surface area (Å²) in [6.45, 7) is 5.34. The topological polar surface area (TPSA) is 97.0 Å². The largest absolute Gasteiger partial charge is 0.378 e. The van der Waals surface area contributed by atoms with E-state index in [1.807, 2.05) is 4.90 Å². The summed E-state index contributed by atoms with van der Waals surface area (Å²) in [6, 6.07) is 6.65. The standard InChI is InChI=1S/C14H22N4O3S/c1-2-17-22(19,20)13-5-3-12(4-6-13)11-16-14(15)18-7-9-21-10-8-18/h3-6,17H,2,7-11H2,1H3,(H2,15,16). The second-order valence-corrected chi connectivity index (χ2v) is 6.69. The van der Waals surface area contributed by atoms with Gasteiger partial charge in [0.25, 0.3) is 0 Å². The number of ether oxygens (including phenoxy) is 1. The lowest BCUT2D eigenvalue weighted by molar-refractivity contribution is 0.0674. The molecule has 1 heterocycles. The number of nitrogens with two attached hydrogens (primary N) is 1. The Hall–Kier alpha value is -1.64. The van der Waals surface area contributed by atoms with Crippen molar-refractivity contribution >= 4 is 16.0 Å². The monoisotopic (exact) mass is 326 g/mol. The van der Waals surface area contributed by atoms with Crippen LogP contribution in [0, 0.1) is 0 Å². The first kappa shape index (κ1) is 16.7. The molecule has 1 aliphatic heterocycles. The summed E-state index contributed by atoms with van der Waals surface area (Å²) in [5.74, 6) is 0.493. The third-order valence-corrected chi connectivity index (χ3v) is 4.89. The van der Waals surface area contributed by atoms with Crippen molar-refractivity contribution in [3.8, 4) is 0 Å². The highest BCUT2D eigenvalue weighted by molar-refractivity contribution is 7.89. The van der Waals surface area contributed by atoms with Crippen LogP contribution in [0.4, 0.5) is 0 Å². The number of hydrogen-bond donors (Lipinski definition) is 2. The quantitative estimate of drug-likeness (QED) is 0.592. The lowest BCUT2D eigenvalue weighted by Crippen LogP contribution is -2.44. The molecule has 0 atom stereocenters. The van der Waals surface area contributed by atoms with Crippen LogP contribution >= 0.6 is 0 Å². The lowest BCUT2D eigenvalue weighted by atomic mass is 10.2. The van der Waals surface area contributed by atoms with E-state index in [9.17, 15) is 8.42 Å². The van der Waals surface area contributed by atoms with Gasteiger partial charge >= 0.3 is 0 Å². The van der Waals surface area contributed by atoms with Crippen LogP contribution in [-0.4, -0.2) is 52.1 Å². The average molecular weight is 326 g/mol. The van der Waals surface area contributed by atoms with Crippen LogP contribution in [0.5, 0.6) is 0 Å². The normalized spacial score (nSPS) is 16.8. The highest BCUT2D eigenvalue weighted by Crippen LogP contribution is 2.11. The second-order valence-electron chi connectivity index (χ2n) is 4.92. The number of morpholine rings is 1. The van der Waals surface area contributed by atoms with Crippen LogP contribution in [-0.2, 0) is 21.3 Å². The van der Waals surface area contributed by atoms with Gasteiger partial charge in [-0.05, 0) is 17.7 Å². The molecule has 2 rings (SSSR count). The van der Waals surface area contributed by atoms with Crippen molar-refractivity contribution in [3.63, 3.8) is 0 Å². The predicted molar refractivity (Wildman–Crippen MR) is 85.0 cm³/mol. The number of guanidine groups is 1. The van der Waals surface area contributed by atoms with Gasteiger partial charge in [-0.1, -0.05) is 19.1 Å². The molecule has 3 N–H and O–H groups in total. The number of hydrogen-bond acceptors (Lipinski definition) is 4. The van der Waals surface area contributed by atoms with E-state index in [2.05, 4.69) is 9.71 Å². The Morgan fingerprint density at radius 2 is 1.95 bits per heavy atom. The smallest absolute Gasteiger partial charge is 0.240 e. The molecule has 0 aromatic heterocycles. The summed E-state index contributed by atoms with van der Waals surface area (Å²) in [6.07, 6.45) is 0. The van der Waals surface area contributed by atoms with E-state index in [1.54, 1.807) is 31.2 Å². The molecule has 0 unspecified atom stereocenters. The molecule has 7 nitrogen and oxygen atoms in total. The third-order valence-electron chi connectivity index (χ3n) is 3.33. The fraction of sp³-hybridized carbons (Fsp3) is 0.500. The van der Waals surface area contributed by atoms with Crippen molar-refractivity contribution in [2.24, 2.45) is 10.7 Å². The Morgan fingerprint density at radius 3 is 2.55 bits per heavy atom. The molecule has 1 aromatic rings. The lowest BCUT2D eigenvalue weighted by Gasteiger charge is -2.27. The number of rotatable bonds is 5. The van der Waals surface area contributed by atoms with E-state index in [0.717, 1.165) is 18.7 Å². The zero-order valence-electron chi connectivity index (χ0n) is 12.7. The number of nitrogens with zero attached hydrogens (tertiary/aromatic N) is 2. The third kappa shape index (κ3) is 4.43. The molecule has 0 radical (unpaired) electrons. The van der Waals surface area contributed by atoms with Crippen molar-refractivity contribution in [2.75, 3.05) is 32.8 Å². The summed E-state index contributed by atoms with van der Waals surface area (Å²) in [5.41, 5.74) is 6.86. The van der Waals surface area contributed by atoms with Crippen LogP contribution in [0.2, 0.25) is 0 Å². The molecule has 1 aliphatic rings. The van der Waals surface area contributed by atoms with Crippen molar-refractivity contribution in [2.45, 2.75) is 18.4 Å². The Kier molecular flexibility index (Phi) is 5.76. The fourth-order valence-corrected chi connectivity index (χ4v) is 3.15.